The minimum Gasteiger partial charge on any atom is -0.342 e. The van der Waals surface area contributed by atoms with E-state index in [9.17, 15) is 18.0 Å². The van der Waals surface area contributed by atoms with Gasteiger partial charge in [-0.05, 0) is 25.5 Å². The fraction of sp³-hybridized carbons (Fsp3) is 0.500. The highest BCUT2D eigenvalue weighted by Crippen LogP contribution is 2.29. The first-order chi connectivity index (χ1) is 9.21. The summed E-state index contributed by atoms with van der Waals surface area (Å²) in [7, 11) is 1.69. The van der Waals surface area contributed by atoms with Gasteiger partial charge >= 0.3 is 6.18 Å². The van der Waals surface area contributed by atoms with Gasteiger partial charge in [-0.3, -0.25) is 4.79 Å². The number of benzene rings is 1. The van der Waals surface area contributed by atoms with Gasteiger partial charge in [0.05, 0.1) is 12.1 Å². The quantitative estimate of drug-likeness (QED) is 0.903. The summed E-state index contributed by atoms with van der Waals surface area (Å²) >= 11 is 0. The highest BCUT2D eigenvalue weighted by molar-refractivity contribution is 5.78. The van der Waals surface area contributed by atoms with Gasteiger partial charge in [0.25, 0.3) is 0 Å². The van der Waals surface area contributed by atoms with Crippen LogP contribution in [0.3, 0.4) is 0 Å². The van der Waals surface area contributed by atoms with Crippen LogP contribution in [-0.4, -0.2) is 30.4 Å². The summed E-state index contributed by atoms with van der Waals surface area (Å²) in [5.74, 6) is -0.0908. The molecule has 1 rings (SSSR count). The summed E-state index contributed by atoms with van der Waals surface area (Å²) in [5, 5.41) is 2.86. The molecule has 0 spiro atoms. The van der Waals surface area contributed by atoms with Crippen LogP contribution < -0.4 is 5.32 Å². The van der Waals surface area contributed by atoms with Crippen LogP contribution in [0.1, 0.15) is 25.0 Å². The van der Waals surface area contributed by atoms with Crippen LogP contribution in [0.4, 0.5) is 13.2 Å². The lowest BCUT2D eigenvalue weighted by atomic mass is 10.1. The molecule has 0 aliphatic rings. The molecule has 20 heavy (non-hydrogen) atoms. The van der Waals surface area contributed by atoms with Crippen LogP contribution >= 0.6 is 0 Å². The topological polar surface area (TPSA) is 32.3 Å². The SMILES string of the molecule is CC(C)N(C)C(=O)CNCc1cccc(C(F)(F)F)c1. The Kier molecular flexibility index (Phi) is 5.56. The molecule has 0 fully saturated rings. The Morgan fingerprint density at radius 1 is 1.35 bits per heavy atom. The molecule has 112 valence electrons. The lowest BCUT2D eigenvalue weighted by Crippen LogP contribution is -2.39. The standard InChI is InChI=1S/C14H19F3N2O/c1-10(2)19(3)13(20)9-18-8-11-5-4-6-12(7-11)14(15,16)17/h4-7,10,18H,8-9H2,1-3H3. The van der Waals surface area contributed by atoms with E-state index >= 15 is 0 Å². The molecule has 1 aromatic carbocycles. The zero-order valence-electron chi connectivity index (χ0n) is 11.8. The fourth-order valence-electron chi connectivity index (χ4n) is 1.58. The van der Waals surface area contributed by atoms with E-state index in [1.54, 1.807) is 18.0 Å². The molecular formula is C14H19F3N2O. The summed E-state index contributed by atoms with van der Waals surface area (Å²) in [6.45, 7) is 4.11. The monoisotopic (exact) mass is 288 g/mol. The van der Waals surface area contributed by atoms with E-state index in [0.29, 0.717) is 5.56 Å². The first kappa shape index (κ1) is 16.5. The van der Waals surface area contributed by atoms with Crippen molar-refractivity contribution >= 4 is 5.91 Å². The number of nitrogens with one attached hydrogen (secondary N) is 1. The Bertz CT molecular complexity index is 458. The van der Waals surface area contributed by atoms with E-state index in [1.165, 1.54) is 6.07 Å². The van der Waals surface area contributed by atoms with Gasteiger partial charge in [0.1, 0.15) is 0 Å². The maximum atomic E-state index is 12.5. The number of alkyl halides is 3. The van der Waals surface area contributed by atoms with Gasteiger partial charge < -0.3 is 10.2 Å². The molecule has 3 nitrogen and oxygen atoms in total. The van der Waals surface area contributed by atoms with Crippen LogP contribution in [0.5, 0.6) is 0 Å². The fourth-order valence-corrected chi connectivity index (χ4v) is 1.58. The predicted molar refractivity (Wildman–Crippen MR) is 71.1 cm³/mol. The van der Waals surface area contributed by atoms with Gasteiger partial charge in [0.15, 0.2) is 0 Å². The molecule has 6 heteroatoms. The molecule has 0 radical (unpaired) electrons. The second-order valence-electron chi connectivity index (χ2n) is 4.90. The number of rotatable bonds is 5. The third kappa shape index (κ3) is 4.85. The molecule has 0 heterocycles. The molecule has 0 atom stereocenters. The average Bonchev–Trinajstić information content (AvgIpc) is 2.37. The minimum atomic E-state index is -4.34. The van der Waals surface area contributed by atoms with Gasteiger partial charge in [-0.15, -0.1) is 0 Å². The smallest absolute Gasteiger partial charge is 0.342 e. The molecule has 0 saturated heterocycles. The van der Waals surface area contributed by atoms with Crippen LogP contribution in [0, 0.1) is 0 Å². The third-order valence-electron chi connectivity index (χ3n) is 3.03. The van der Waals surface area contributed by atoms with E-state index in [-0.39, 0.29) is 25.0 Å². The molecule has 0 aliphatic carbocycles. The van der Waals surface area contributed by atoms with Crippen molar-refractivity contribution in [1.29, 1.82) is 0 Å². The largest absolute Gasteiger partial charge is 0.416 e. The molecule has 1 aromatic rings. The van der Waals surface area contributed by atoms with Crippen molar-refractivity contribution in [2.75, 3.05) is 13.6 Å². The Morgan fingerprint density at radius 3 is 2.55 bits per heavy atom. The first-order valence-corrected chi connectivity index (χ1v) is 6.34. The lowest BCUT2D eigenvalue weighted by molar-refractivity contribution is -0.137. The molecule has 0 unspecified atom stereocenters. The van der Waals surface area contributed by atoms with E-state index in [2.05, 4.69) is 5.32 Å². The van der Waals surface area contributed by atoms with Crippen molar-refractivity contribution in [2.45, 2.75) is 32.6 Å². The number of likely N-dealkylation sites (N-methyl/N-ethyl adjacent to an activating group) is 1. The summed E-state index contributed by atoms with van der Waals surface area (Å²) in [5.41, 5.74) is -0.178. The maximum absolute atomic E-state index is 12.5. The van der Waals surface area contributed by atoms with Crippen molar-refractivity contribution in [2.24, 2.45) is 0 Å². The number of halogens is 3. The Labute approximate surface area is 116 Å². The van der Waals surface area contributed by atoms with Gasteiger partial charge in [-0.1, -0.05) is 18.2 Å². The van der Waals surface area contributed by atoms with Gasteiger partial charge in [-0.25, -0.2) is 0 Å². The Morgan fingerprint density at radius 2 is 2.00 bits per heavy atom. The zero-order chi connectivity index (χ0) is 15.3. The van der Waals surface area contributed by atoms with Crippen LogP contribution in [0.25, 0.3) is 0 Å². The summed E-state index contributed by atoms with van der Waals surface area (Å²) < 4.78 is 37.6. The normalized spacial score (nSPS) is 11.8. The second-order valence-corrected chi connectivity index (χ2v) is 4.90. The zero-order valence-corrected chi connectivity index (χ0v) is 11.8. The Balaban J connectivity index is 2.53. The van der Waals surface area contributed by atoms with E-state index in [1.807, 2.05) is 13.8 Å². The van der Waals surface area contributed by atoms with Gasteiger partial charge in [0.2, 0.25) is 5.91 Å². The molecular weight excluding hydrogens is 269 g/mol. The molecule has 0 aliphatic heterocycles. The number of carbonyl (C=O) groups excluding carboxylic acids is 1. The molecule has 0 saturated carbocycles. The number of hydrogen-bond donors (Lipinski definition) is 1. The molecule has 1 amide bonds. The first-order valence-electron chi connectivity index (χ1n) is 6.34. The summed E-state index contributed by atoms with van der Waals surface area (Å²) in [6.07, 6.45) is -4.34. The third-order valence-corrected chi connectivity index (χ3v) is 3.03. The minimum absolute atomic E-state index is 0.0908. The molecule has 1 N–H and O–H groups in total. The van der Waals surface area contributed by atoms with Crippen molar-refractivity contribution in [3.05, 3.63) is 35.4 Å². The highest BCUT2D eigenvalue weighted by atomic mass is 19.4. The Hall–Kier alpha value is -1.56. The number of hydrogen-bond acceptors (Lipinski definition) is 2. The van der Waals surface area contributed by atoms with Gasteiger partial charge in [0, 0.05) is 19.6 Å². The second kappa shape index (κ2) is 6.74. The number of carbonyl (C=O) groups is 1. The highest BCUT2D eigenvalue weighted by Gasteiger charge is 2.30. The van der Waals surface area contributed by atoms with Crippen molar-refractivity contribution in [3.63, 3.8) is 0 Å². The van der Waals surface area contributed by atoms with Crippen LogP contribution in [-0.2, 0) is 17.5 Å². The van der Waals surface area contributed by atoms with Crippen molar-refractivity contribution < 1.29 is 18.0 Å². The van der Waals surface area contributed by atoms with Crippen molar-refractivity contribution in [1.82, 2.24) is 10.2 Å². The number of nitrogens with zero attached hydrogens (tertiary/aromatic N) is 1. The maximum Gasteiger partial charge on any atom is 0.416 e. The van der Waals surface area contributed by atoms with Crippen LogP contribution in [0.15, 0.2) is 24.3 Å². The van der Waals surface area contributed by atoms with E-state index in [0.717, 1.165) is 12.1 Å². The lowest BCUT2D eigenvalue weighted by Gasteiger charge is -2.21. The van der Waals surface area contributed by atoms with E-state index in [4.69, 9.17) is 0 Å². The predicted octanol–water partition coefficient (Wildman–Crippen LogP) is 2.66. The molecule has 0 aromatic heterocycles. The van der Waals surface area contributed by atoms with Crippen molar-refractivity contribution in [3.8, 4) is 0 Å². The van der Waals surface area contributed by atoms with Gasteiger partial charge in [-0.2, -0.15) is 13.2 Å². The average molecular weight is 288 g/mol. The molecule has 0 bridgehead atoms. The summed E-state index contributed by atoms with van der Waals surface area (Å²) in [6, 6.07) is 5.17. The van der Waals surface area contributed by atoms with E-state index < -0.39 is 11.7 Å². The summed E-state index contributed by atoms with van der Waals surface area (Å²) in [4.78, 5) is 13.3. The number of amides is 1. The van der Waals surface area contributed by atoms with Crippen LogP contribution in [0.2, 0.25) is 0 Å².